The lowest BCUT2D eigenvalue weighted by Gasteiger charge is -2.21. The molecule has 0 fully saturated rings. The number of carbonyl (C=O) groups excluding carboxylic acids is 1. The summed E-state index contributed by atoms with van der Waals surface area (Å²) in [6, 6.07) is 8.97. The fraction of sp³-hybridized carbons (Fsp3) is 0.417. The Morgan fingerprint density at radius 2 is 2.00 bits per heavy atom. The topological polar surface area (TPSA) is 52.3 Å². The molecule has 0 heterocycles. The van der Waals surface area contributed by atoms with E-state index in [2.05, 4.69) is 0 Å². The Morgan fingerprint density at radius 3 is 2.53 bits per heavy atom. The van der Waals surface area contributed by atoms with Crippen LogP contribution in [-0.4, -0.2) is 11.5 Å². The summed E-state index contributed by atoms with van der Waals surface area (Å²) in [6.45, 7) is 3.68. The van der Waals surface area contributed by atoms with Crippen LogP contribution in [0.5, 0.6) is 5.75 Å². The van der Waals surface area contributed by atoms with Crippen molar-refractivity contribution in [1.82, 2.24) is 0 Å². The summed E-state index contributed by atoms with van der Waals surface area (Å²) in [6.07, 6.45) is 1.48. The van der Waals surface area contributed by atoms with Crippen molar-refractivity contribution in [2.75, 3.05) is 0 Å². The second kappa shape index (κ2) is 4.94. The van der Waals surface area contributed by atoms with Crippen LogP contribution in [0.25, 0.3) is 0 Å². The van der Waals surface area contributed by atoms with Gasteiger partial charge in [-0.2, -0.15) is 0 Å². The first-order chi connectivity index (χ1) is 7.06. The van der Waals surface area contributed by atoms with E-state index in [0.29, 0.717) is 12.2 Å². The number of hydrogen-bond acceptors (Lipinski definition) is 3. The third-order valence-electron chi connectivity index (χ3n) is 2.19. The van der Waals surface area contributed by atoms with Gasteiger partial charge < -0.3 is 10.5 Å². The highest BCUT2D eigenvalue weighted by Crippen LogP contribution is 2.15. The van der Waals surface area contributed by atoms with Crippen LogP contribution in [0.3, 0.4) is 0 Å². The Balaban J connectivity index is 2.63. The maximum Gasteiger partial charge on any atom is 0.331 e. The number of rotatable bonds is 4. The number of esters is 1. The Kier molecular flexibility index (Phi) is 3.86. The highest BCUT2D eigenvalue weighted by atomic mass is 16.5. The van der Waals surface area contributed by atoms with Gasteiger partial charge >= 0.3 is 5.97 Å². The van der Waals surface area contributed by atoms with Crippen molar-refractivity contribution in [3.05, 3.63) is 30.3 Å². The van der Waals surface area contributed by atoms with Crippen LogP contribution in [0.2, 0.25) is 0 Å². The highest BCUT2D eigenvalue weighted by Gasteiger charge is 2.29. The van der Waals surface area contributed by atoms with Crippen molar-refractivity contribution < 1.29 is 9.53 Å². The van der Waals surface area contributed by atoms with Crippen LogP contribution >= 0.6 is 0 Å². The van der Waals surface area contributed by atoms with E-state index in [9.17, 15) is 4.79 Å². The Hall–Kier alpha value is -1.35. The number of benzene rings is 1. The molecule has 1 unspecified atom stereocenters. The molecule has 1 atom stereocenters. The van der Waals surface area contributed by atoms with Gasteiger partial charge in [0.15, 0.2) is 0 Å². The monoisotopic (exact) mass is 207 g/mol. The van der Waals surface area contributed by atoms with Crippen LogP contribution in [0.15, 0.2) is 30.3 Å². The number of carbonyl (C=O) groups is 1. The summed E-state index contributed by atoms with van der Waals surface area (Å²) >= 11 is 0. The molecule has 3 nitrogen and oxygen atoms in total. The molecule has 15 heavy (non-hydrogen) atoms. The first kappa shape index (κ1) is 11.7. The Morgan fingerprint density at radius 1 is 1.40 bits per heavy atom. The smallest absolute Gasteiger partial charge is 0.331 e. The van der Waals surface area contributed by atoms with E-state index in [1.54, 1.807) is 19.1 Å². The van der Waals surface area contributed by atoms with Gasteiger partial charge in [0.1, 0.15) is 11.3 Å². The van der Waals surface area contributed by atoms with Gasteiger partial charge in [-0.05, 0) is 25.5 Å². The average Bonchev–Trinajstić information content (AvgIpc) is 2.19. The van der Waals surface area contributed by atoms with E-state index in [4.69, 9.17) is 10.5 Å². The SMILES string of the molecule is CCCC(C)(N)C(=O)Oc1ccccc1. The minimum absolute atomic E-state index is 0.379. The van der Waals surface area contributed by atoms with Crippen molar-refractivity contribution in [2.45, 2.75) is 32.2 Å². The van der Waals surface area contributed by atoms with Gasteiger partial charge in [0.05, 0.1) is 0 Å². The summed E-state index contributed by atoms with van der Waals surface area (Å²) < 4.78 is 5.17. The number of hydrogen-bond donors (Lipinski definition) is 1. The minimum atomic E-state index is -0.898. The van der Waals surface area contributed by atoms with Crippen LogP contribution in [-0.2, 0) is 4.79 Å². The maximum absolute atomic E-state index is 11.7. The highest BCUT2D eigenvalue weighted by molar-refractivity contribution is 5.82. The lowest BCUT2D eigenvalue weighted by atomic mass is 9.98. The molecule has 1 rings (SSSR count). The molecular weight excluding hydrogens is 190 g/mol. The van der Waals surface area contributed by atoms with Crippen LogP contribution in [0, 0.1) is 0 Å². The predicted molar refractivity (Wildman–Crippen MR) is 59.6 cm³/mol. The Bertz CT molecular complexity index is 320. The Labute approximate surface area is 90.2 Å². The van der Waals surface area contributed by atoms with Crippen molar-refractivity contribution >= 4 is 5.97 Å². The van der Waals surface area contributed by atoms with Gasteiger partial charge in [-0.1, -0.05) is 31.5 Å². The van der Waals surface area contributed by atoms with E-state index in [1.807, 2.05) is 25.1 Å². The van der Waals surface area contributed by atoms with Crippen molar-refractivity contribution in [3.8, 4) is 5.75 Å². The van der Waals surface area contributed by atoms with Gasteiger partial charge in [-0.3, -0.25) is 0 Å². The summed E-state index contributed by atoms with van der Waals surface area (Å²) in [5, 5.41) is 0. The van der Waals surface area contributed by atoms with E-state index in [0.717, 1.165) is 6.42 Å². The fourth-order valence-corrected chi connectivity index (χ4v) is 1.33. The summed E-state index contributed by atoms with van der Waals surface area (Å²) in [5.74, 6) is 0.158. The molecule has 0 aliphatic heterocycles. The van der Waals surface area contributed by atoms with Gasteiger partial charge in [0.2, 0.25) is 0 Å². The standard InChI is InChI=1S/C12H17NO2/c1-3-9-12(2,13)11(14)15-10-7-5-4-6-8-10/h4-8H,3,9,13H2,1-2H3. The molecule has 1 aromatic rings. The summed E-state index contributed by atoms with van der Waals surface area (Å²) in [7, 11) is 0. The molecule has 1 aromatic carbocycles. The van der Waals surface area contributed by atoms with E-state index in [1.165, 1.54) is 0 Å². The molecule has 0 spiro atoms. The molecule has 2 N–H and O–H groups in total. The summed E-state index contributed by atoms with van der Waals surface area (Å²) in [4.78, 5) is 11.7. The second-order valence-corrected chi connectivity index (χ2v) is 3.87. The first-order valence-electron chi connectivity index (χ1n) is 5.12. The molecule has 0 aliphatic carbocycles. The molecule has 82 valence electrons. The molecule has 3 heteroatoms. The maximum atomic E-state index is 11.7. The molecule has 0 amide bonds. The summed E-state index contributed by atoms with van der Waals surface area (Å²) in [5.41, 5.74) is 4.95. The van der Waals surface area contributed by atoms with Gasteiger partial charge in [-0.25, -0.2) is 4.79 Å². The van der Waals surface area contributed by atoms with Crippen LogP contribution in [0.4, 0.5) is 0 Å². The number of nitrogens with two attached hydrogens (primary N) is 1. The number of para-hydroxylation sites is 1. The van der Waals surface area contributed by atoms with Gasteiger partial charge in [0, 0.05) is 0 Å². The molecule has 0 saturated heterocycles. The van der Waals surface area contributed by atoms with Gasteiger partial charge in [-0.15, -0.1) is 0 Å². The predicted octanol–water partition coefficient (Wildman–Crippen LogP) is 2.11. The van der Waals surface area contributed by atoms with Crippen molar-refractivity contribution in [2.24, 2.45) is 5.73 Å². The third kappa shape index (κ3) is 3.36. The molecule has 0 aliphatic rings. The molecule has 0 aromatic heterocycles. The largest absolute Gasteiger partial charge is 0.425 e. The van der Waals surface area contributed by atoms with Crippen LogP contribution < -0.4 is 10.5 Å². The fourth-order valence-electron chi connectivity index (χ4n) is 1.33. The quantitative estimate of drug-likeness (QED) is 0.607. The second-order valence-electron chi connectivity index (χ2n) is 3.87. The van der Waals surface area contributed by atoms with E-state index >= 15 is 0 Å². The third-order valence-corrected chi connectivity index (χ3v) is 2.19. The van der Waals surface area contributed by atoms with Gasteiger partial charge in [0.25, 0.3) is 0 Å². The van der Waals surface area contributed by atoms with Crippen molar-refractivity contribution in [3.63, 3.8) is 0 Å². The number of ether oxygens (including phenoxy) is 1. The lowest BCUT2D eigenvalue weighted by Crippen LogP contribution is -2.47. The van der Waals surface area contributed by atoms with E-state index in [-0.39, 0.29) is 5.97 Å². The minimum Gasteiger partial charge on any atom is -0.425 e. The normalized spacial score (nSPS) is 14.3. The molecular formula is C12H17NO2. The zero-order valence-corrected chi connectivity index (χ0v) is 9.19. The average molecular weight is 207 g/mol. The zero-order valence-electron chi connectivity index (χ0n) is 9.19. The zero-order chi connectivity index (χ0) is 11.3. The lowest BCUT2D eigenvalue weighted by molar-refractivity contribution is -0.140. The first-order valence-corrected chi connectivity index (χ1v) is 5.12. The van der Waals surface area contributed by atoms with Crippen LogP contribution in [0.1, 0.15) is 26.7 Å². The molecule has 0 bridgehead atoms. The van der Waals surface area contributed by atoms with Crippen molar-refractivity contribution in [1.29, 1.82) is 0 Å². The molecule has 0 saturated carbocycles. The van der Waals surface area contributed by atoms with E-state index < -0.39 is 5.54 Å². The molecule has 0 radical (unpaired) electrons.